The van der Waals surface area contributed by atoms with E-state index in [-0.39, 0.29) is 11.7 Å². The van der Waals surface area contributed by atoms with Gasteiger partial charge >= 0.3 is 6.03 Å². The van der Waals surface area contributed by atoms with Gasteiger partial charge in [0.1, 0.15) is 0 Å². The van der Waals surface area contributed by atoms with E-state index in [2.05, 4.69) is 29.1 Å². The summed E-state index contributed by atoms with van der Waals surface area (Å²) >= 11 is 0. The Kier molecular flexibility index (Phi) is 3.84. The van der Waals surface area contributed by atoms with Gasteiger partial charge in [0.05, 0.1) is 4.92 Å². The summed E-state index contributed by atoms with van der Waals surface area (Å²) in [6, 6.07) is 13.9. The van der Waals surface area contributed by atoms with Gasteiger partial charge < -0.3 is 14.8 Å². The third-order valence-corrected chi connectivity index (χ3v) is 4.93. The minimum Gasteiger partial charge on any atom is -0.347 e. The summed E-state index contributed by atoms with van der Waals surface area (Å²) < 4.78 is 2.20. The van der Waals surface area contributed by atoms with E-state index in [4.69, 9.17) is 0 Å². The van der Waals surface area contributed by atoms with Crippen LogP contribution in [-0.2, 0) is 20.0 Å². The zero-order valence-corrected chi connectivity index (χ0v) is 14.3. The van der Waals surface area contributed by atoms with Crippen molar-refractivity contribution in [2.24, 2.45) is 7.05 Å². The molecule has 0 radical (unpaired) electrons. The van der Waals surface area contributed by atoms with Crippen LogP contribution in [0.4, 0.5) is 16.2 Å². The number of nitrogens with one attached hydrogen (secondary N) is 1. The number of urea groups is 1. The number of nitrogens with zero attached hydrogens (tertiary/aromatic N) is 3. The van der Waals surface area contributed by atoms with E-state index >= 15 is 0 Å². The average Bonchev–Trinajstić information content (AvgIpc) is 2.94. The van der Waals surface area contributed by atoms with E-state index < -0.39 is 4.92 Å². The molecular weight excluding hydrogens is 332 g/mol. The van der Waals surface area contributed by atoms with Crippen LogP contribution in [0, 0.1) is 10.1 Å². The van der Waals surface area contributed by atoms with E-state index in [1.54, 1.807) is 17.0 Å². The van der Waals surface area contributed by atoms with Gasteiger partial charge in [-0.3, -0.25) is 10.1 Å². The zero-order chi connectivity index (χ0) is 18.3. The molecule has 0 fully saturated rings. The largest absolute Gasteiger partial charge is 0.347 e. The second kappa shape index (κ2) is 6.18. The summed E-state index contributed by atoms with van der Waals surface area (Å²) in [5, 5.41) is 14.7. The Hall–Kier alpha value is -3.35. The number of anilines is 1. The van der Waals surface area contributed by atoms with Crippen molar-refractivity contribution >= 4 is 28.3 Å². The van der Waals surface area contributed by atoms with E-state index in [0.717, 1.165) is 6.42 Å². The van der Waals surface area contributed by atoms with Gasteiger partial charge in [0.25, 0.3) is 5.69 Å². The quantitative estimate of drug-likeness (QED) is 0.565. The molecule has 26 heavy (non-hydrogen) atoms. The third kappa shape index (κ3) is 2.67. The number of nitro benzene ring substituents is 1. The number of fused-ring (bicyclic) bond motifs is 3. The maximum Gasteiger partial charge on any atom is 0.322 e. The number of aryl methyl sites for hydroxylation is 1. The normalized spacial score (nSPS) is 13.5. The SMILES string of the molecule is Cn1c2c(c3ccccc31)CN(C(=O)Nc1ccc([N+](=O)[O-])cc1)CC2. The fraction of sp³-hybridized carbons (Fsp3) is 0.211. The number of benzene rings is 2. The van der Waals surface area contributed by atoms with Crippen LogP contribution in [0.2, 0.25) is 0 Å². The molecule has 2 heterocycles. The standard InChI is InChI=1S/C19H18N4O3/c1-21-17-5-3-2-4-15(17)16-12-22(11-10-18(16)21)19(24)20-13-6-8-14(9-7-13)23(25)26/h2-9H,10-12H2,1H3,(H,20,24). The Morgan fingerprint density at radius 2 is 1.88 bits per heavy atom. The highest BCUT2D eigenvalue weighted by Crippen LogP contribution is 2.30. The molecule has 1 aliphatic rings. The van der Waals surface area contributed by atoms with Crippen LogP contribution in [-0.4, -0.2) is 27.0 Å². The Morgan fingerprint density at radius 1 is 1.15 bits per heavy atom. The number of rotatable bonds is 2. The van der Waals surface area contributed by atoms with E-state index in [9.17, 15) is 14.9 Å². The van der Waals surface area contributed by atoms with Crippen molar-refractivity contribution in [2.45, 2.75) is 13.0 Å². The first-order valence-electron chi connectivity index (χ1n) is 8.40. The van der Waals surface area contributed by atoms with Gasteiger partial charge in [-0.05, 0) is 18.2 Å². The Bertz CT molecular complexity index is 1010. The molecule has 0 spiro atoms. The summed E-state index contributed by atoms with van der Waals surface area (Å²) in [6.45, 7) is 1.19. The number of nitro groups is 1. The van der Waals surface area contributed by atoms with Gasteiger partial charge in [0, 0.05) is 66.5 Å². The first kappa shape index (κ1) is 16.1. The number of carbonyl (C=O) groups is 1. The molecule has 4 rings (SSSR count). The van der Waals surface area contributed by atoms with Crippen molar-refractivity contribution in [3.63, 3.8) is 0 Å². The van der Waals surface area contributed by atoms with Crippen LogP contribution in [0.1, 0.15) is 11.3 Å². The van der Waals surface area contributed by atoms with Crippen molar-refractivity contribution < 1.29 is 9.72 Å². The Morgan fingerprint density at radius 3 is 2.62 bits per heavy atom. The monoisotopic (exact) mass is 350 g/mol. The van der Waals surface area contributed by atoms with Gasteiger partial charge in [-0.15, -0.1) is 0 Å². The molecule has 0 aliphatic carbocycles. The molecule has 132 valence electrons. The minimum atomic E-state index is -0.460. The summed E-state index contributed by atoms with van der Waals surface area (Å²) in [6.07, 6.45) is 0.800. The minimum absolute atomic E-state index is 0.00127. The molecule has 0 saturated carbocycles. The second-order valence-corrected chi connectivity index (χ2v) is 6.41. The van der Waals surface area contributed by atoms with Crippen molar-refractivity contribution in [3.8, 4) is 0 Å². The smallest absolute Gasteiger partial charge is 0.322 e. The maximum atomic E-state index is 12.6. The predicted molar refractivity (Wildman–Crippen MR) is 99.1 cm³/mol. The fourth-order valence-electron chi connectivity index (χ4n) is 3.57. The van der Waals surface area contributed by atoms with Gasteiger partial charge in [-0.1, -0.05) is 18.2 Å². The molecule has 0 unspecified atom stereocenters. The van der Waals surface area contributed by atoms with Crippen LogP contribution in [0.15, 0.2) is 48.5 Å². The molecule has 7 heteroatoms. The number of para-hydroxylation sites is 1. The highest BCUT2D eigenvalue weighted by atomic mass is 16.6. The molecule has 0 bridgehead atoms. The lowest BCUT2D eigenvalue weighted by atomic mass is 10.0. The number of hydrogen-bond acceptors (Lipinski definition) is 3. The Labute approximate surface area is 150 Å². The first-order chi connectivity index (χ1) is 12.5. The lowest BCUT2D eigenvalue weighted by Gasteiger charge is -2.28. The molecule has 0 saturated heterocycles. The summed E-state index contributed by atoms with van der Waals surface area (Å²) in [4.78, 5) is 24.6. The lowest BCUT2D eigenvalue weighted by molar-refractivity contribution is -0.384. The number of hydrogen-bond donors (Lipinski definition) is 1. The van der Waals surface area contributed by atoms with Gasteiger partial charge in [-0.25, -0.2) is 4.79 Å². The third-order valence-electron chi connectivity index (χ3n) is 4.93. The molecule has 1 aliphatic heterocycles. The van der Waals surface area contributed by atoms with Crippen LogP contribution in [0.5, 0.6) is 0 Å². The van der Waals surface area contributed by atoms with Crippen molar-refractivity contribution in [1.29, 1.82) is 0 Å². The molecule has 1 aromatic heterocycles. The highest BCUT2D eigenvalue weighted by molar-refractivity contribution is 5.91. The topological polar surface area (TPSA) is 80.4 Å². The molecule has 3 aromatic rings. The fourth-order valence-corrected chi connectivity index (χ4v) is 3.57. The van der Waals surface area contributed by atoms with Crippen molar-refractivity contribution in [3.05, 3.63) is 69.9 Å². The maximum absolute atomic E-state index is 12.6. The van der Waals surface area contributed by atoms with Crippen LogP contribution in [0.3, 0.4) is 0 Å². The van der Waals surface area contributed by atoms with Gasteiger partial charge in [0.15, 0.2) is 0 Å². The first-order valence-corrected chi connectivity index (χ1v) is 8.40. The molecule has 7 nitrogen and oxygen atoms in total. The van der Waals surface area contributed by atoms with E-state index in [1.165, 1.54) is 34.3 Å². The average molecular weight is 350 g/mol. The summed E-state index contributed by atoms with van der Waals surface area (Å²) in [5.41, 5.74) is 4.18. The van der Waals surface area contributed by atoms with Crippen LogP contribution >= 0.6 is 0 Å². The van der Waals surface area contributed by atoms with Gasteiger partial charge in [0.2, 0.25) is 0 Å². The van der Waals surface area contributed by atoms with Crippen LogP contribution in [0.25, 0.3) is 10.9 Å². The van der Waals surface area contributed by atoms with Crippen molar-refractivity contribution in [1.82, 2.24) is 9.47 Å². The molecule has 1 N–H and O–H groups in total. The van der Waals surface area contributed by atoms with Crippen molar-refractivity contribution in [2.75, 3.05) is 11.9 Å². The summed E-state index contributed by atoms with van der Waals surface area (Å²) in [7, 11) is 2.06. The highest BCUT2D eigenvalue weighted by Gasteiger charge is 2.25. The molecule has 2 amide bonds. The van der Waals surface area contributed by atoms with E-state index in [1.807, 2.05) is 12.1 Å². The number of non-ortho nitro benzene ring substituents is 1. The lowest BCUT2D eigenvalue weighted by Crippen LogP contribution is -2.39. The van der Waals surface area contributed by atoms with Gasteiger partial charge in [-0.2, -0.15) is 0 Å². The number of carbonyl (C=O) groups excluding carboxylic acids is 1. The van der Waals surface area contributed by atoms with E-state index in [0.29, 0.717) is 18.8 Å². The van der Waals surface area contributed by atoms with Crippen LogP contribution < -0.4 is 5.32 Å². The second-order valence-electron chi connectivity index (χ2n) is 6.41. The molecular formula is C19H18N4O3. The zero-order valence-electron chi connectivity index (χ0n) is 14.3. The number of aromatic nitrogens is 1. The predicted octanol–water partition coefficient (Wildman–Crippen LogP) is 3.68. The Balaban J connectivity index is 1.54. The summed E-state index contributed by atoms with van der Waals surface area (Å²) in [5.74, 6) is 0. The molecule has 2 aromatic carbocycles. The number of amides is 2. The molecule has 0 atom stereocenters.